The van der Waals surface area contributed by atoms with E-state index in [4.69, 9.17) is 5.11 Å². The van der Waals surface area contributed by atoms with E-state index in [1.54, 1.807) is 61.5 Å². The molecule has 3 N–H and O–H groups in total. The molecule has 0 aliphatic heterocycles. The van der Waals surface area contributed by atoms with Crippen molar-refractivity contribution in [1.29, 1.82) is 0 Å². The van der Waals surface area contributed by atoms with Gasteiger partial charge in [0.05, 0.1) is 5.69 Å². The van der Waals surface area contributed by atoms with Crippen molar-refractivity contribution in [2.45, 2.75) is 32.4 Å². The van der Waals surface area contributed by atoms with E-state index in [0.29, 0.717) is 16.8 Å². The third kappa shape index (κ3) is 5.32. The number of hydrogen-bond acceptors (Lipinski definition) is 5. The number of carbonyl (C=O) groups is 3. The van der Waals surface area contributed by atoms with Crippen LogP contribution in [0.4, 0.5) is 0 Å². The molecule has 0 spiro atoms. The maximum atomic E-state index is 13.3. The summed E-state index contributed by atoms with van der Waals surface area (Å²) < 4.78 is 1.15. The SMILES string of the molecule is CCn1nc(-c2ccccc2)c(-c2ccccc2)c(C(=O)NC(CCC(=O)O)C(=O)O)c1=O. The van der Waals surface area contributed by atoms with Gasteiger partial charge < -0.3 is 15.5 Å². The molecule has 0 saturated carbocycles. The Balaban J connectivity index is 2.23. The lowest BCUT2D eigenvalue weighted by Crippen LogP contribution is -2.44. The Morgan fingerprint density at radius 3 is 2.06 bits per heavy atom. The fraction of sp³-hybridized carbons (Fsp3) is 0.208. The minimum Gasteiger partial charge on any atom is -0.481 e. The normalized spacial score (nSPS) is 11.5. The van der Waals surface area contributed by atoms with Gasteiger partial charge in [-0.2, -0.15) is 5.10 Å². The van der Waals surface area contributed by atoms with Gasteiger partial charge in [0.15, 0.2) is 0 Å². The number of nitrogens with zero attached hydrogens (tertiary/aromatic N) is 2. The van der Waals surface area contributed by atoms with Gasteiger partial charge in [-0.05, 0) is 18.9 Å². The molecule has 0 saturated heterocycles. The van der Waals surface area contributed by atoms with E-state index < -0.39 is 35.9 Å². The number of carboxylic acid groups (broad SMARTS) is 2. The topological polar surface area (TPSA) is 139 Å². The molecule has 0 aliphatic carbocycles. The molecular weight excluding hydrogens is 426 g/mol. The van der Waals surface area contributed by atoms with Gasteiger partial charge in [0, 0.05) is 24.1 Å². The van der Waals surface area contributed by atoms with Gasteiger partial charge in [0.1, 0.15) is 11.6 Å². The van der Waals surface area contributed by atoms with Gasteiger partial charge in [0.2, 0.25) is 0 Å². The van der Waals surface area contributed by atoms with Gasteiger partial charge >= 0.3 is 11.9 Å². The molecule has 0 fully saturated rings. The monoisotopic (exact) mass is 449 g/mol. The Labute approximate surface area is 189 Å². The molecule has 9 heteroatoms. The van der Waals surface area contributed by atoms with Crippen LogP contribution in [0.1, 0.15) is 30.1 Å². The third-order valence-electron chi connectivity index (χ3n) is 5.04. The largest absolute Gasteiger partial charge is 0.481 e. The molecule has 1 unspecified atom stereocenters. The molecule has 1 amide bonds. The Hall–Kier alpha value is -4.27. The molecule has 0 bridgehead atoms. The number of hydrogen-bond donors (Lipinski definition) is 3. The number of rotatable bonds is 9. The summed E-state index contributed by atoms with van der Waals surface area (Å²) in [5.74, 6) is -3.48. The van der Waals surface area contributed by atoms with E-state index >= 15 is 0 Å². The minimum atomic E-state index is -1.47. The Morgan fingerprint density at radius 2 is 1.55 bits per heavy atom. The third-order valence-corrected chi connectivity index (χ3v) is 5.04. The van der Waals surface area contributed by atoms with Crippen LogP contribution in [0.25, 0.3) is 22.4 Å². The summed E-state index contributed by atoms with van der Waals surface area (Å²) >= 11 is 0. The van der Waals surface area contributed by atoms with Crippen LogP contribution in [0.3, 0.4) is 0 Å². The Kier molecular flexibility index (Phi) is 7.34. The standard InChI is InChI=1S/C24H23N3O6/c1-2-27-23(31)20(22(30)25-17(24(32)33)13-14-18(28)29)19(15-9-5-3-6-10-15)21(26-27)16-11-7-4-8-12-16/h3-12,17H,2,13-14H2,1H3,(H,25,30)(H,28,29)(H,32,33). The molecule has 1 aromatic heterocycles. The lowest BCUT2D eigenvalue weighted by Gasteiger charge is -2.18. The van der Waals surface area contributed by atoms with Crippen molar-refractivity contribution in [2.24, 2.45) is 0 Å². The Morgan fingerprint density at radius 1 is 0.970 bits per heavy atom. The minimum absolute atomic E-state index is 0.190. The first-order valence-electron chi connectivity index (χ1n) is 10.3. The molecule has 0 aliphatic rings. The predicted octanol–water partition coefficient (Wildman–Crippen LogP) is 2.64. The van der Waals surface area contributed by atoms with E-state index in [2.05, 4.69) is 10.4 Å². The van der Waals surface area contributed by atoms with Crippen LogP contribution >= 0.6 is 0 Å². The van der Waals surface area contributed by atoms with Gasteiger partial charge in [-0.1, -0.05) is 60.7 Å². The van der Waals surface area contributed by atoms with Crippen molar-refractivity contribution in [1.82, 2.24) is 15.1 Å². The molecule has 1 atom stereocenters. The molecular formula is C24H23N3O6. The predicted molar refractivity (Wildman–Crippen MR) is 121 cm³/mol. The molecule has 1 heterocycles. The van der Waals surface area contributed by atoms with E-state index in [-0.39, 0.29) is 24.1 Å². The quantitative estimate of drug-likeness (QED) is 0.456. The first-order valence-corrected chi connectivity index (χ1v) is 10.3. The zero-order valence-electron chi connectivity index (χ0n) is 17.9. The lowest BCUT2D eigenvalue weighted by molar-refractivity contribution is -0.140. The van der Waals surface area contributed by atoms with Crippen LogP contribution in [0, 0.1) is 0 Å². The summed E-state index contributed by atoms with van der Waals surface area (Å²) in [7, 11) is 0. The number of benzene rings is 2. The molecule has 170 valence electrons. The maximum absolute atomic E-state index is 13.3. The number of aryl methyl sites for hydroxylation is 1. The first kappa shape index (κ1) is 23.4. The van der Waals surface area contributed by atoms with Crippen molar-refractivity contribution in [3.05, 3.63) is 76.6 Å². The highest BCUT2D eigenvalue weighted by atomic mass is 16.4. The van der Waals surface area contributed by atoms with Gasteiger partial charge in [-0.15, -0.1) is 0 Å². The first-order chi connectivity index (χ1) is 15.8. The van der Waals surface area contributed by atoms with Crippen LogP contribution in [-0.2, 0) is 16.1 Å². The number of aliphatic carboxylic acids is 2. The Bertz CT molecular complexity index is 1220. The van der Waals surface area contributed by atoms with Crippen LogP contribution in [0.15, 0.2) is 65.5 Å². The molecule has 3 aromatic rings. The summed E-state index contributed by atoms with van der Waals surface area (Å²) in [6, 6.07) is 16.3. The fourth-order valence-electron chi connectivity index (χ4n) is 3.44. The molecule has 9 nitrogen and oxygen atoms in total. The highest BCUT2D eigenvalue weighted by Gasteiger charge is 2.28. The van der Waals surface area contributed by atoms with Crippen LogP contribution in [0.2, 0.25) is 0 Å². The second kappa shape index (κ2) is 10.4. The maximum Gasteiger partial charge on any atom is 0.326 e. The van der Waals surface area contributed by atoms with Crippen molar-refractivity contribution in [2.75, 3.05) is 0 Å². The highest BCUT2D eigenvalue weighted by molar-refractivity contribution is 6.04. The van der Waals surface area contributed by atoms with Gasteiger partial charge in [0.25, 0.3) is 11.5 Å². The summed E-state index contributed by atoms with van der Waals surface area (Å²) in [6.07, 6.45) is -0.775. The van der Waals surface area contributed by atoms with E-state index in [0.717, 1.165) is 4.68 Å². The van der Waals surface area contributed by atoms with Crippen molar-refractivity contribution in [3.8, 4) is 22.4 Å². The summed E-state index contributed by atoms with van der Waals surface area (Å²) in [5.41, 5.74) is 0.983. The van der Waals surface area contributed by atoms with Gasteiger partial charge in [-0.3, -0.25) is 14.4 Å². The number of carbonyl (C=O) groups excluding carboxylic acids is 1. The average molecular weight is 449 g/mol. The zero-order chi connectivity index (χ0) is 24.0. The highest BCUT2D eigenvalue weighted by Crippen LogP contribution is 2.32. The lowest BCUT2D eigenvalue weighted by atomic mass is 9.95. The van der Waals surface area contributed by atoms with Crippen molar-refractivity contribution in [3.63, 3.8) is 0 Å². The number of amides is 1. The zero-order valence-corrected chi connectivity index (χ0v) is 17.9. The second-order valence-corrected chi connectivity index (χ2v) is 7.25. The van der Waals surface area contributed by atoms with E-state index in [9.17, 15) is 24.3 Å². The van der Waals surface area contributed by atoms with Crippen LogP contribution in [-0.4, -0.2) is 43.9 Å². The van der Waals surface area contributed by atoms with Crippen LogP contribution in [0.5, 0.6) is 0 Å². The van der Waals surface area contributed by atoms with Crippen LogP contribution < -0.4 is 10.9 Å². The summed E-state index contributed by atoms with van der Waals surface area (Å²) in [4.78, 5) is 49.1. The molecule has 2 aromatic carbocycles. The number of carboxylic acids is 2. The summed E-state index contributed by atoms with van der Waals surface area (Å²) in [6.45, 7) is 1.90. The molecule has 0 radical (unpaired) electrons. The van der Waals surface area contributed by atoms with Crippen molar-refractivity contribution >= 4 is 17.8 Å². The number of aromatic nitrogens is 2. The summed E-state index contributed by atoms with van der Waals surface area (Å²) in [5, 5.41) is 25.2. The van der Waals surface area contributed by atoms with E-state index in [1.165, 1.54) is 0 Å². The van der Waals surface area contributed by atoms with E-state index in [1.807, 2.05) is 6.07 Å². The molecule has 33 heavy (non-hydrogen) atoms. The average Bonchev–Trinajstić information content (AvgIpc) is 2.82. The molecule has 3 rings (SSSR count). The second-order valence-electron chi connectivity index (χ2n) is 7.25. The fourth-order valence-corrected chi connectivity index (χ4v) is 3.44. The van der Waals surface area contributed by atoms with Gasteiger partial charge in [-0.25, -0.2) is 9.48 Å². The smallest absolute Gasteiger partial charge is 0.326 e. The number of nitrogens with one attached hydrogen (secondary N) is 1. The van der Waals surface area contributed by atoms with Crippen molar-refractivity contribution < 1.29 is 24.6 Å².